The maximum Gasteiger partial charge on any atom is 0.351 e. The van der Waals surface area contributed by atoms with Crippen LogP contribution in [-0.2, 0) is 30.3 Å². The molecule has 2 aliphatic heterocycles. The largest absolute Gasteiger partial charge is 0.618 e. The number of nitrogens with one attached hydrogen (secondary N) is 6. The Kier molecular flexibility index (Phi) is 18.6. The number of carbonyl (C=O) groups is 8. The number of carboxylic acid groups (broad SMARTS) is 1. The predicted molar refractivity (Wildman–Crippen MR) is 339 cm³/mol. The van der Waals surface area contributed by atoms with E-state index in [1.54, 1.807) is 66.2 Å². The average molecular weight is 1360 g/mol. The molecule has 7 aromatic heterocycles. The van der Waals surface area contributed by atoms with Crippen molar-refractivity contribution < 1.29 is 63.1 Å². The average Bonchev–Trinajstić information content (AvgIpc) is 1.53. The Morgan fingerprint density at radius 1 is 0.717 bits per heavy atom. The van der Waals surface area contributed by atoms with E-state index in [0.717, 1.165) is 56.7 Å². The molecule has 7 amide bonds. The summed E-state index contributed by atoms with van der Waals surface area (Å²) in [6, 6.07) is 12.9. The molecule has 33 heteroatoms. The van der Waals surface area contributed by atoms with Crippen molar-refractivity contribution in [2.24, 2.45) is 11.7 Å². The molecule has 470 valence electrons. The topological polar surface area (TPSA) is 412 Å². The van der Waals surface area contributed by atoms with Gasteiger partial charge in [0.2, 0.25) is 11.8 Å². The van der Waals surface area contributed by atoms with E-state index in [-0.39, 0.29) is 89.6 Å². The highest BCUT2D eigenvalue weighted by atomic mass is 32.1. The lowest BCUT2D eigenvalue weighted by Crippen LogP contribution is -2.50. The van der Waals surface area contributed by atoms with Crippen LogP contribution in [0.2, 0.25) is 0 Å². The van der Waals surface area contributed by atoms with Gasteiger partial charge in [0, 0.05) is 50.2 Å². The van der Waals surface area contributed by atoms with Gasteiger partial charge in [0.05, 0.1) is 42.5 Å². The highest BCUT2D eigenvalue weighted by Crippen LogP contribution is 2.40. The first-order valence-corrected chi connectivity index (χ1v) is 32.7. The van der Waals surface area contributed by atoms with E-state index in [0.29, 0.717) is 43.1 Å². The fourth-order valence-electron chi connectivity index (χ4n) is 9.49. The van der Waals surface area contributed by atoms with Crippen LogP contribution in [0.25, 0.3) is 43.4 Å². The van der Waals surface area contributed by atoms with Crippen LogP contribution in [0, 0.1) is 18.0 Å². The van der Waals surface area contributed by atoms with Crippen LogP contribution in [0.5, 0.6) is 5.75 Å². The molecule has 1 fully saturated rings. The van der Waals surface area contributed by atoms with E-state index in [4.69, 9.17) is 25.5 Å². The normalized spacial score (nSPS) is 18.2. The summed E-state index contributed by atoms with van der Waals surface area (Å²) in [7, 11) is 0. The van der Waals surface area contributed by atoms with Crippen LogP contribution in [0.4, 0.5) is 0 Å². The number of aliphatic hydroxyl groups is 1. The quantitative estimate of drug-likeness (QED) is 0.0266. The lowest BCUT2D eigenvalue weighted by atomic mass is 9.97. The summed E-state index contributed by atoms with van der Waals surface area (Å²) in [5, 5.41) is 70.8. The van der Waals surface area contributed by atoms with Crippen LogP contribution in [-0.4, -0.2) is 111 Å². The Bertz CT molecular complexity index is 4420. The Hall–Kier alpha value is -9.87. The minimum Gasteiger partial charge on any atom is -0.618 e. The van der Waals surface area contributed by atoms with Crippen molar-refractivity contribution in [3.8, 4) is 49.1 Å². The molecule has 2 aliphatic rings. The predicted octanol–water partition coefficient (Wildman–Crippen LogP) is 5.80. The van der Waals surface area contributed by atoms with Gasteiger partial charge < -0.3 is 62.9 Å². The fraction of sp³-hybridized carbons (Fsp3) is 0.203. The fourth-order valence-corrected chi connectivity index (χ4v) is 14.8. The highest BCUT2D eigenvalue weighted by molar-refractivity contribution is 7.15. The number of pyridine rings is 1. The third kappa shape index (κ3) is 14.0. The zero-order valence-corrected chi connectivity index (χ0v) is 52.8. The second kappa shape index (κ2) is 26.9. The minimum absolute atomic E-state index is 0.0223. The maximum atomic E-state index is 15.1. The summed E-state index contributed by atoms with van der Waals surface area (Å²) < 4.78 is 6.26. The molecule has 10 bridgehead atoms. The Labute approximate surface area is 544 Å². The van der Waals surface area contributed by atoms with Crippen LogP contribution in [0.3, 0.4) is 0 Å². The molecule has 7 atom stereocenters. The number of nitrogens with zero attached hydrogens (tertiary/aromatic N) is 7. The first-order chi connectivity index (χ1) is 44.1. The molecule has 0 aliphatic carbocycles. The molecule has 7 unspecified atom stereocenters. The summed E-state index contributed by atoms with van der Waals surface area (Å²) >= 11 is 6.20. The second-order valence-corrected chi connectivity index (χ2v) is 26.4. The number of benzene rings is 2. The number of ether oxygens (including phenoxy) is 1. The molecule has 27 nitrogen and oxygen atoms in total. The maximum absolute atomic E-state index is 15.1. The van der Waals surface area contributed by atoms with E-state index in [1.165, 1.54) is 45.7 Å². The molecule has 1 saturated heterocycles. The van der Waals surface area contributed by atoms with E-state index in [9.17, 15) is 48.6 Å². The van der Waals surface area contributed by atoms with Crippen LogP contribution in [0.1, 0.15) is 111 Å². The van der Waals surface area contributed by atoms with Gasteiger partial charge in [-0.05, 0) is 36.2 Å². The lowest BCUT2D eigenvalue weighted by Gasteiger charge is -2.26. The molecular formula is C59H50N14O13S6. The molecule has 2 aromatic carbocycles. The Morgan fingerprint density at radius 3 is 2.05 bits per heavy atom. The van der Waals surface area contributed by atoms with Crippen molar-refractivity contribution in [2.75, 3.05) is 6.61 Å². The zero-order chi connectivity index (χ0) is 65.2. The number of primary amides is 1. The molecule has 9 aromatic rings. The highest BCUT2D eigenvalue weighted by Gasteiger charge is 2.40. The van der Waals surface area contributed by atoms with Gasteiger partial charge in [-0.1, -0.05) is 62.5 Å². The SMILES string of the molecule is C=C(NC(=O)C(=C)NC(=O)c1csc(-c2ccc3c([n+]2[O-])-c2csc(n2)-c2csc(n2)C(C(C)C2CO2)NC(=O)C(Cc2ccc(O)cc2)NC(=O)c2csc(n2)C(C(O)c2ccccc2)NC(=O)c2nc(sc2C)C(CC(N)=O)NC(=O)c2csc-3n2)n1)C(=O)O. The summed E-state index contributed by atoms with van der Waals surface area (Å²) in [6.07, 6.45) is -2.23. The molecule has 0 radical (unpaired) electrons. The van der Waals surface area contributed by atoms with E-state index in [1.807, 2.05) is 12.2 Å². The van der Waals surface area contributed by atoms with Crippen molar-refractivity contribution in [2.45, 2.75) is 63.1 Å². The minimum atomic E-state index is -1.51. The number of hydrogen-bond acceptors (Lipinski definition) is 24. The number of aromatic hydroxyl groups is 1. The van der Waals surface area contributed by atoms with Gasteiger partial charge in [-0.15, -0.1) is 68.0 Å². The molecule has 92 heavy (non-hydrogen) atoms. The van der Waals surface area contributed by atoms with Crippen LogP contribution in [0.15, 0.2) is 118 Å². The van der Waals surface area contributed by atoms with Gasteiger partial charge in [-0.25, -0.2) is 34.7 Å². The smallest absolute Gasteiger partial charge is 0.351 e. The standard InChI is InChI=1S/C59H50N14O13S6/c1-24(40-18-86-40)42-57-69-38(23-91-57)54-65-34(19-88-54)45-31(14-15-39(73(45)85)56-67-35(21-89-56)49(79)61-25(2)47(77)62-26(3)59(83)84)53-66-36(20-87-53)51(81)64-33(17-41(60)75)55-72-43(27(4)92-55)52(82)71-44(46(76)29-8-6-5-7-9-29)58-68-37(22-90-58)50(80)63-32(48(78)70-42)16-28-10-12-30(74)13-11-28/h5-15,19-24,32-33,40,42,44,46,74,76H,2-3,16-18H2,1,4H3,(H2,60,75)(H,61,79)(H,62,77)(H,63,80)(H,64,81)(H,70,78)(H,71,82)(H,83,84). The van der Waals surface area contributed by atoms with Gasteiger partial charge in [0.25, 0.3) is 40.9 Å². The number of phenols is 1. The summed E-state index contributed by atoms with van der Waals surface area (Å²) in [5.74, 6) is -7.66. The van der Waals surface area contributed by atoms with Gasteiger partial charge in [-0.3, -0.25) is 33.6 Å². The number of aliphatic carboxylic acids is 1. The van der Waals surface area contributed by atoms with Gasteiger partial charge in [0.15, 0.2) is 5.01 Å². The number of hydrogen-bond donors (Lipinski definition) is 10. The number of fused-ring (bicyclic) bond motifs is 14. The molecule has 0 spiro atoms. The van der Waals surface area contributed by atoms with Crippen molar-refractivity contribution >= 4 is 115 Å². The van der Waals surface area contributed by atoms with Crippen molar-refractivity contribution in [3.05, 3.63) is 177 Å². The molecular weight excluding hydrogens is 1310 g/mol. The van der Waals surface area contributed by atoms with Gasteiger partial charge in [-0.2, -0.15) is 4.73 Å². The number of aryl methyl sites for hydroxylation is 1. The summed E-state index contributed by atoms with van der Waals surface area (Å²) in [5.41, 5.74) is 5.36. The van der Waals surface area contributed by atoms with E-state index < -0.39 is 95.4 Å². The van der Waals surface area contributed by atoms with Gasteiger partial charge >= 0.3 is 5.97 Å². The van der Waals surface area contributed by atoms with E-state index in [2.05, 4.69) is 59.7 Å². The van der Waals surface area contributed by atoms with Crippen LogP contribution < -0.4 is 42.4 Å². The van der Waals surface area contributed by atoms with Crippen molar-refractivity contribution in [1.29, 1.82) is 0 Å². The monoisotopic (exact) mass is 1350 g/mol. The third-order valence-corrected chi connectivity index (χ3v) is 19.9. The lowest BCUT2D eigenvalue weighted by molar-refractivity contribution is -0.581. The second-order valence-electron chi connectivity index (χ2n) is 20.8. The molecule has 11 N–H and O–H groups in total. The number of nitrogens with two attached hydrogens (primary N) is 1. The van der Waals surface area contributed by atoms with Crippen molar-refractivity contribution in [1.82, 2.24) is 61.8 Å². The first kappa shape index (κ1) is 63.7. The number of phenolic OH excluding ortho intramolecular Hbond substituents is 1. The summed E-state index contributed by atoms with van der Waals surface area (Å²) in [6.45, 7) is 10.6. The molecule has 11 rings (SSSR count). The summed E-state index contributed by atoms with van der Waals surface area (Å²) in [4.78, 5) is 136. The number of aliphatic hydroxyl groups excluding tert-OH is 1. The zero-order valence-electron chi connectivity index (χ0n) is 47.9. The number of aromatic nitrogens is 7. The Morgan fingerprint density at radius 2 is 1.35 bits per heavy atom. The molecule has 9 heterocycles. The van der Waals surface area contributed by atoms with Crippen LogP contribution >= 0.6 is 68.0 Å². The van der Waals surface area contributed by atoms with Crippen molar-refractivity contribution in [3.63, 3.8) is 0 Å². The third-order valence-electron chi connectivity index (χ3n) is 14.4. The molecule has 0 saturated carbocycles. The number of thiazole rings is 6. The number of carboxylic acids is 1. The first-order valence-electron chi connectivity index (χ1n) is 27.5. The van der Waals surface area contributed by atoms with Gasteiger partial charge in [0.1, 0.15) is 88.8 Å². The van der Waals surface area contributed by atoms with E-state index >= 15 is 5.21 Å². The number of amides is 7. The number of epoxide rings is 1. The number of rotatable bonds is 14. The Balaban J connectivity index is 0.996. The number of carbonyl (C=O) groups excluding carboxylic acids is 7.